The molecule has 0 aliphatic heterocycles. The molecule has 1 atom stereocenters. The maximum atomic E-state index is 13.4. The molecule has 0 radical (unpaired) electrons. The Morgan fingerprint density at radius 2 is 2.04 bits per heavy atom. The molecule has 1 heterocycles. The van der Waals surface area contributed by atoms with E-state index < -0.39 is 6.10 Å². The molecule has 0 amide bonds. The number of benzene rings is 1. The first kappa shape index (κ1) is 20.6. The molecule has 5 nitrogen and oxygen atoms in total. The van der Waals surface area contributed by atoms with Crippen molar-refractivity contribution in [1.82, 2.24) is 9.47 Å². The molecule has 1 aromatic carbocycles. The molecule has 0 saturated carbocycles. The van der Waals surface area contributed by atoms with Crippen molar-refractivity contribution in [2.45, 2.75) is 25.6 Å². The van der Waals surface area contributed by atoms with Crippen LogP contribution in [0.5, 0.6) is 0 Å². The zero-order chi connectivity index (χ0) is 18.8. The highest BCUT2D eigenvalue weighted by molar-refractivity contribution is 5.18. The summed E-state index contributed by atoms with van der Waals surface area (Å²) in [7, 11) is 3.27. The average Bonchev–Trinajstić information content (AvgIpc) is 3.02. The van der Waals surface area contributed by atoms with Gasteiger partial charge in [0, 0.05) is 58.9 Å². The van der Waals surface area contributed by atoms with Crippen molar-refractivity contribution in [1.29, 1.82) is 0 Å². The van der Waals surface area contributed by atoms with Gasteiger partial charge in [-0.2, -0.15) is 0 Å². The molecule has 1 aromatic heterocycles. The highest BCUT2D eigenvalue weighted by atomic mass is 19.1. The Kier molecular flexibility index (Phi) is 8.77. The average molecular weight is 364 g/mol. The van der Waals surface area contributed by atoms with Crippen LogP contribution < -0.4 is 0 Å². The molecular weight excluding hydrogens is 335 g/mol. The predicted molar refractivity (Wildman–Crippen MR) is 99.6 cm³/mol. The van der Waals surface area contributed by atoms with Gasteiger partial charge in [0.05, 0.1) is 12.7 Å². The van der Waals surface area contributed by atoms with E-state index in [0.717, 1.165) is 24.2 Å². The lowest BCUT2D eigenvalue weighted by Gasteiger charge is -2.25. The number of hydrogen-bond donors (Lipinski definition) is 1. The molecule has 2 aromatic rings. The largest absolute Gasteiger partial charge is 0.389 e. The van der Waals surface area contributed by atoms with Crippen molar-refractivity contribution in [2.75, 3.05) is 40.5 Å². The highest BCUT2D eigenvalue weighted by Gasteiger charge is 2.14. The van der Waals surface area contributed by atoms with Gasteiger partial charge >= 0.3 is 0 Å². The van der Waals surface area contributed by atoms with Crippen LogP contribution in [-0.2, 0) is 22.6 Å². The molecule has 0 bridgehead atoms. The SMILES string of the molecule is COCCCN(Cc1cccn1Cc1cccc(F)c1)C[C@H](O)COC. The molecule has 0 aliphatic carbocycles. The zero-order valence-corrected chi connectivity index (χ0v) is 15.6. The summed E-state index contributed by atoms with van der Waals surface area (Å²) in [5.41, 5.74) is 2.05. The van der Waals surface area contributed by atoms with Crippen molar-refractivity contribution in [3.63, 3.8) is 0 Å². The number of ether oxygens (including phenoxy) is 2. The minimum absolute atomic E-state index is 0.222. The van der Waals surface area contributed by atoms with Gasteiger partial charge in [0.15, 0.2) is 0 Å². The summed E-state index contributed by atoms with van der Waals surface area (Å²) < 4.78 is 25.7. The number of halogens is 1. The second-order valence-electron chi connectivity index (χ2n) is 6.45. The van der Waals surface area contributed by atoms with Crippen LogP contribution in [-0.4, -0.2) is 61.2 Å². The number of hydrogen-bond acceptors (Lipinski definition) is 4. The first-order chi connectivity index (χ1) is 12.6. The summed E-state index contributed by atoms with van der Waals surface area (Å²) in [4.78, 5) is 2.19. The van der Waals surface area contributed by atoms with Crippen LogP contribution in [0.1, 0.15) is 17.7 Å². The predicted octanol–water partition coefficient (Wildman–Crippen LogP) is 2.52. The van der Waals surface area contributed by atoms with Crippen molar-refractivity contribution in [3.8, 4) is 0 Å². The molecule has 26 heavy (non-hydrogen) atoms. The number of nitrogens with zero attached hydrogens (tertiary/aromatic N) is 2. The van der Waals surface area contributed by atoms with Crippen molar-refractivity contribution < 1.29 is 19.0 Å². The van der Waals surface area contributed by atoms with Crippen LogP contribution in [0.15, 0.2) is 42.6 Å². The van der Waals surface area contributed by atoms with E-state index in [2.05, 4.69) is 15.5 Å². The van der Waals surface area contributed by atoms with Crippen molar-refractivity contribution >= 4 is 0 Å². The van der Waals surface area contributed by atoms with Gasteiger partial charge in [-0.15, -0.1) is 0 Å². The van der Waals surface area contributed by atoms with Crippen LogP contribution in [0.3, 0.4) is 0 Å². The summed E-state index contributed by atoms with van der Waals surface area (Å²) in [5.74, 6) is -0.222. The first-order valence-electron chi connectivity index (χ1n) is 8.89. The summed E-state index contributed by atoms with van der Waals surface area (Å²) in [6.45, 7) is 3.66. The van der Waals surface area contributed by atoms with Crippen LogP contribution in [0.2, 0.25) is 0 Å². The number of aliphatic hydroxyl groups is 1. The Bertz CT molecular complexity index is 647. The van der Waals surface area contributed by atoms with Gasteiger partial charge in [-0.1, -0.05) is 12.1 Å². The third-order valence-corrected chi connectivity index (χ3v) is 4.20. The van der Waals surface area contributed by atoms with E-state index in [9.17, 15) is 9.50 Å². The van der Waals surface area contributed by atoms with Crippen LogP contribution in [0.4, 0.5) is 4.39 Å². The number of methoxy groups -OCH3 is 2. The van der Waals surface area contributed by atoms with E-state index in [-0.39, 0.29) is 5.82 Å². The Balaban J connectivity index is 2.03. The lowest BCUT2D eigenvalue weighted by Crippen LogP contribution is -2.36. The fourth-order valence-electron chi connectivity index (χ4n) is 3.02. The highest BCUT2D eigenvalue weighted by Crippen LogP contribution is 2.12. The Labute approximate surface area is 155 Å². The van der Waals surface area contributed by atoms with Crippen molar-refractivity contribution in [2.24, 2.45) is 0 Å². The summed E-state index contributed by atoms with van der Waals surface area (Å²) in [5, 5.41) is 10.1. The maximum absolute atomic E-state index is 13.4. The third kappa shape index (κ3) is 6.88. The van der Waals surface area contributed by atoms with E-state index in [1.54, 1.807) is 26.4 Å². The zero-order valence-electron chi connectivity index (χ0n) is 15.6. The molecule has 6 heteroatoms. The Morgan fingerprint density at radius 3 is 2.77 bits per heavy atom. The molecule has 0 aliphatic rings. The van der Waals surface area contributed by atoms with E-state index in [0.29, 0.717) is 32.8 Å². The molecule has 0 fully saturated rings. The van der Waals surface area contributed by atoms with Crippen LogP contribution >= 0.6 is 0 Å². The van der Waals surface area contributed by atoms with Gasteiger partial charge in [-0.05, 0) is 36.2 Å². The smallest absolute Gasteiger partial charge is 0.123 e. The number of aromatic nitrogens is 1. The molecule has 1 N–H and O–H groups in total. The fraction of sp³-hybridized carbons (Fsp3) is 0.500. The second kappa shape index (κ2) is 11.1. The Hall–Kier alpha value is -1.73. The minimum Gasteiger partial charge on any atom is -0.389 e. The summed E-state index contributed by atoms with van der Waals surface area (Å²) >= 11 is 0. The molecule has 0 spiro atoms. The number of rotatable bonds is 12. The summed E-state index contributed by atoms with van der Waals surface area (Å²) in [6.07, 6.45) is 2.36. The van der Waals surface area contributed by atoms with Crippen molar-refractivity contribution in [3.05, 3.63) is 59.7 Å². The fourth-order valence-corrected chi connectivity index (χ4v) is 3.02. The lowest BCUT2D eigenvalue weighted by molar-refractivity contribution is 0.0332. The normalized spacial score (nSPS) is 12.7. The van der Waals surface area contributed by atoms with Gasteiger partial charge in [0.2, 0.25) is 0 Å². The molecule has 144 valence electrons. The molecule has 2 rings (SSSR count). The molecular formula is C20H29FN2O3. The minimum atomic E-state index is -0.533. The van der Waals surface area contributed by atoms with Crippen LogP contribution in [0, 0.1) is 5.82 Å². The first-order valence-corrected chi connectivity index (χ1v) is 8.89. The van der Waals surface area contributed by atoms with Gasteiger partial charge in [0.1, 0.15) is 5.82 Å². The van der Waals surface area contributed by atoms with Gasteiger partial charge in [0.25, 0.3) is 0 Å². The van der Waals surface area contributed by atoms with E-state index >= 15 is 0 Å². The number of aliphatic hydroxyl groups excluding tert-OH is 1. The monoisotopic (exact) mass is 364 g/mol. The molecule has 0 saturated heterocycles. The topological polar surface area (TPSA) is 46.9 Å². The van der Waals surface area contributed by atoms with Gasteiger partial charge in [-0.3, -0.25) is 4.90 Å². The summed E-state index contributed by atoms with van der Waals surface area (Å²) in [6, 6.07) is 10.7. The molecule has 0 unspecified atom stereocenters. The maximum Gasteiger partial charge on any atom is 0.123 e. The quantitative estimate of drug-likeness (QED) is 0.588. The van der Waals surface area contributed by atoms with Gasteiger partial charge < -0.3 is 19.1 Å². The van der Waals surface area contributed by atoms with Crippen LogP contribution in [0.25, 0.3) is 0 Å². The lowest BCUT2D eigenvalue weighted by atomic mass is 10.2. The van der Waals surface area contributed by atoms with E-state index in [4.69, 9.17) is 9.47 Å². The second-order valence-corrected chi connectivity index (χ2v) is 6.45. The Morgan fingerprint density at radius 1 is 1.19 bits per heavy atom. The van der Waals surface area contributed by atoms with E-state index in [1.165, 1.54) is 6.07 Å². The van der Waals surface area contributed by atoms with Gasteiger partial charge in [-0.25, -0.2) is 4.39 Å². The van der Waals surface area contributed by atoms with E-state index in [1.807, 2.05) is 18.3 Å². The third-order valence-electron chi connectivity index (χ3n) is 4.20. The standard InChI is InChI=1S/C20H29FN2O3/c1-25-11-5-9-22(15-20(24)16-26-2)14-19-8-4-10-23(19)13-17-6-3-7-18(21)12-17/h3-4,6-8,10,12,20,24H,5,9,11,13-16H2,1-2H3/t20-/m0/s1.